The summed E-state index contributed by atoms with van der Waals surface area (Å²) in [5.74, 6) is 0.770. The monoisotopic (exact) mass is 204 g/mol. The summed E-state index contributed by atoms with van der Waals surface area (Å²) >= 11 is 3.36. The largest absolute Gasteiger partial charge is 0.381 e. The second-order valence-electron chi connectivity index (χ2n) is 2.53. The molecule has 0 N–H and O–H groups in total. The molecule has 0 aromatic rings. The molecule has 0 aromatic carbocycles. The predicted octanol–water partition coefficient (Wildman–Crippen LogP) is 2.36. The highest BCUT2D eigenvalue weighted by molar-refractivity contribution is 9.09. The predicted molar refractivity (Wildman–Crippen MR) is 46.5 cm³/mol. The Bertz CT molecular complexity index is 106. The van der Waals surface area contributed by atoms with Crippen LogP contribution in [0.15, 0.2) is 12.2 Å². The van der Waals surface area contributed by atoms with E-state index >= 15 is 0 Å². The maximum absolute atomic E-state index is 5.23. The number of alkyl halides is 1. The Kier molecular flexibility index (Phi) is 4.07. The van der Waals surface area contributed by atoms with Gasteiger partial charge in [0, 0.05) is 18.5 Å². The summed E-state index contributed by atoms with van der Waals surface area (Å²) < 4.78 is 5.23. The highest BCUT2D eigenvalue weighted by Gasteiger charge is 2.09. The number of hydrogen-bond acceptors (Lipinski definition) is 1. The number of halogens is 1. The lowest BCUT2D eigenvalue weighted by Crippen LogP contribution is -2.13. The molecule has 1 heterocycles. The molecule has 0 unspecified atom stereocenters. The molecule has 1 nitrogen and oxygen atoms in total. The molecule has 0 saturated carbocycles. The third-order valence-electron chi connectivity index (χ3n) is 1.76. The van der Waals surface area contributed by atoms with Gasteiger partial charge in [0.15, 0.2) is 0 Å². The molecule has 1 rings (SSSR count). The van der Waals surface area contributed by atoms with E-state index in [1.165, 1.54) is 12.8 Å². The molecular weight excluding hydrogens is 192 g/mol. The summed E-state index contributed by atoms with van der Waals surface area (Å²) in [5.41, 5.74) is 0. The molecule has 1 aliphatic rings. The Morgan fingerprint density at radius 1 is 1.40 bits per heavy atom. The second kappa shape index (κ2) is 4.91. The Labute approximate surface area is 70.6 Å². The first-order valence-electron chi connectivity index (χ1n) is 3.74. The van der Waals surface area contributed by atoms with Crippen LogP contribution < -0.4 is 0 Å². The number of ether oxygens (including phenoxy) is 1. The maximum Gasteiger partial charge on any atom is 0.0471 e. The molecule has 2 heteroatoms. The van der Waals surface area contributed by atoms with E-state index in [1.807, 2.05) is 0 Å². The summed E-state index contributed by atoms with van der Waals surface area (Å²) in [5, 5.41) is 0.977. The first-order valence-corrected chi connectivity index (χ1v) is 4.86. The van der Waals surface area contributed by atoms with E-state index < -0.39 is 0 Å². The molecule has 1 saturated heterocycles. The zero-order chi connectivity index (χ0) is 7.23. The maximum atomic E-state index is 5.23. The molecule has 0 spiro atoms. The van der Waals surface area contributed by atoms with Gasteiger partial charge in [-0.15, -0.1) is 0 Å². The standard InChI is InChI=1S/C8H13BrO/c9-5-1-2-8-3-6-10-7-4-8/h1-2,8H,3-7H2. The van der Waals surface area contributed by atoms with Gasteiger partial charge in [-0.3, -0.25) is 0 Å². The average Bonchev–Trinajstić information content (AvgIpc) is 2.03. The molecule has 1 fully saturated rings. The van der Waals surface area contributed by atoms with Gasteiger partial charge in [-0.25, -0.2) is 0 Å². The summed E-state index contributed by atoms with van der Waals surface area (Å²) in [6.45, 7) is 1.88. The number of rotatable bonds is 2. The van der Waals surface area contributed by atoms with Gasteiger partial charge in [-0.05, 0) is 18.8 Å². The van der Waals surface area contributed by atoms with Gasteiger partial charge in [-0.2, -0.15) is 0 Å². The van der Waals surface area contributed by atoms with Crippen LogP contribution in [0.25, 0.3) is 0 Å². The lowest BCUT2D eigenvalue weighted by atomic mass is 10.0. The van der Waals surface area contributed by atoms with Gasteiger partial charge < -0.3 is 4.74 Å². The van der Waals surface area contributed by atoms with E-state index in [2.05, 4.69) is 28.1 Å². The van der Waals surface area contributed by atoms with Gasteiger partial charge >= 0.3 is 0 Å². The van der Waals surface area contributed by atoms with Crippen molar-refractivity contribution in [1.82, 2.24) is 0 Å². The van der Waals surface area contributed by atoms with Crippen molar-refractivity contribution < 1.29 is 4.74 Å². The number of hydrogen-bond donors (Lipinski definition) is 0. The van der Waals surface area contributed by atoms with Crippen LogP contribution in [0.4, 0.5) is 0 Å². The van der Waals surface area contributed by atoms with Crippen molar-refractivity contribution in [3.05, 3.63) is 12.2 Å². The van der Waals surface area contributed by atoms with Gasteiger partial charge in [0.05, 0.1) is 0 Å². The first kappa shape index (κ1) is 8.28. The fraction of sp³-hybridized carbons (Fsp3) is 0.750. The number of allylic oxidation sites excluding steroid dienone is 2. The Balaban J connectivity index is 2.19. The van der Waals surface area contributed by atoms with Gasteiger partial charge in [0.25, 0.3) is 0 Å². The molecule has 10 heavy (non-hydrogen) atoms. The molecule has 0 atom stereocenters. The van der Waals surface area contributed by atoms with Crippen LogP contribution in [0.1, 0.15) is 12.8 Å². The zero-order valence-corrected chi connectivity index (χ0v) is 7.64. The SMILES string of the molecule is BrCC=CC1CCOCC1. The summed E-state index contributed by atoms with van der Waals surface area (Å²) in [4.78, 5) is 0. The molecular formula is C8H13BrO. The van der Waals surface area contributed by atoms with E-state index in [9.17, 15) is 0 Å². The van der Waals surface area contributed by atoms with Crippen LogP contribution in [0.3, 0.4) is 0 Å². The van der Waals surface area contributed by atoms with Crippen molar-refractivity contribution in [3.63, 3.8) is 0 Å². The van der Waals surface area contributed by atoms with Gasteiger partial charge in [0.1, 0.15) is 0 Å². The molecule has 0 radical (unpaired) electrons. The molecule has 0 aromatic heterocycles. The van der Waals surface area contributed by atoms with E-state index in [1.54, 1.807) is 0 Å². The van der Waals surface area contributed by atoms with Crippen molar-refractivity contribution in [3.8, 4) is 0 Å². The van der Waals surface area contributed by atoms with Crippen molar-refractivity contribution in [1.29, 1.82) is 0 Å². The average molecular weight is 205 g/mol. The van der Waals surface area contributed by atoms with Crippen LogP contribution in [-0.4, -0.2) is 18.5 Å². The lowest BCUT2D eigenvalue weighted by molar-refractivity contribution is 0.0785. The van der Waals surface area contributed by atoms with Crippen molar-refractivity contribution in [2.45, 2.75) is 12.8 Å². The van der Waals surface area contributed by atoms with E-state index in [-0.39, 0.29) is 0 Å². The van der Waals surface area contributed by atoms with E-state index in [4.69, 9.17) is 4.74 Å². The molecule has 0 aliphatic carbocycles. The van der Waals surface area contributed by atoms with E-state index in [0.717, 1.165) is 24.5 Å². The molecule has 0 amide bonds. The minimum absolute atomic E-state index is 0.770. The minimum Gasteiger partial charge on any atom is -0.381 e. The second-order valence-corrected chi connectivity index (χ2v) is 3.18. The summed E-state index contributed by atoms with van der Waals surface area (Å²) in [7, 11) is 0. The summed E-state index contributed by atoms with van der Waals surface area (Å²) in [6, 6.07) is 0. The minimum atomic E-state index is 0.770. The molecule has 58 valence electrons. The van der Waals surface area contributed by atoms with Gasteiger partial charge in [0.2, 0.25) is 0 Å². The van der Waals surface area contributed by atoms with Crippen LogP contribution in [0, 0.1) is 5.92 Å². The highest BCUT2D eigenvalue weighted by atomic mass is 79.9. The van der Waals surface area contributed by atoms with Crippen LogP contribution in [0.5, 0.6) is 0 Å². The lowest BCUT2D eigenvalue weighted by Gasteiger charge is -2.18. The van der Waals surface area contributed by atoms with Crippen LogP contribution >= 0.6 is 15.9 Å². The fourth-order valence-corrected chi connectivity index (χ4v) is 1.37. The molecule has 0 bridgehead atoms. The van der Waals surface area contributed by atoms with Crippen LogP contribution in [-0.2, 0) is 4.74 Å². The molecule has 1 aliphatic heterocycles. The third kappa shape index (κ3) is 2.84. The Hall–Kier alpha value is 0.180. The van der Waals surface area contributed by atoms with Crippen molar-refractivity contribution >= 4 is 15.9 Å². The Morgan fingerprint density at radius 3 is 2.70 bits per heavy atom. The summed E-state index contributed by atoms with van der Waals surface area (Å²) in [6.07, 6.45) is 6.86. The quantitative estimate of drug-likeness (QED) is 0.496. The normalized spacial score (nSPS) is 22.1. The first-order chi connectivity index (χ1) is 4.93. The smallest absolute Gasteiger partial charge is 0.0471 e. The van der Waals surface area contributed by atoms with Crippen LogP contribution in [0.2, 0.25) is 0 Å². The van der Waals surface area contributed by atoms with E-state index in [0.29, 0.717) is 0 Å². The van der Waals surface area contributed by atoms with Crippen molar-refractivity contribution in [2.75, 3.05) is 18.5 Å². The topological polar surface area (TPSA) is 9.23 Å². The Morgan fingerprint density at radius 2 is 2.10 bits per heavy atom. The highest BCUT2D eigenvalue weighted by Crippen LogP contribution is 2.15. The van der Waals surface area contributed by atoms with Crippen molar-refractivity contribution in [2.24, 2.45) is 5.92 Å². The fourth-order valence-electron chi connectivity index (χ4n) is 1.15. The third-order valence-corrected chi connectivity index (χ3v) is 2.14. The van der Waals surface area contributed by atoms with Gasteiger partial charge in [-0.1, -0.05) is 28.1 Å². The zero-order valence-electron chi connectivity index (χ0n) is 6.05.